The highest BCUT2D eigenvalue weighted by Crippen LogP contribution is 2.38. The highest BCUT2D eigenvalue weighted by atomic mass is 35.5. The SMILES string of the molecule is C[C@@H]1CN(C(=O)OC(C)(C)C)C[C@H]2Cc3cc(Cl)c(COCC4CC4)nc3N21. The molecule has 7 heteroatoms. The van der Waals surface area contributed by atoms with Crippen LogP contribution in [0.5, 0.6) is 0 Å². The van der Waals surface area contributed by atoms with Crippen LogP contribution in [0.15, 0.2) is 6.07 Å². The number of hydrogen-bond donors (Lipinski definition) is 0. The predicted octanol–water partition coefficient (Wildman–Crippen LogP) is 4.03. The normalized spacial score (nSPS) is 24.2. The standard InChI is InChI=1S/C21H30ClN3O3/c1-13-9-24(20(26)28-21(2,3)4)10-16-7-15-8-17(22)18(23-19(15)25(13)16)12-27-11-14-5-6-14/h8,13-14,16H,5-7,9-12H2,1-4H3/t13-,16-/m1/s1. The molecular weight excluding hydrogens is 378 g/mol. The number of amides is 1. The van der Waals surface area contributed by atoms with Crippen molar-refractivity contribution in [3.8, 4) is 0 Å². The molecule has 1 aromatic heterocycles. The van der Waals surface area contributed by atoms with Gasteiger partial charge >= 0.3 is 6.09 Å². The fraction of sp³-hybridized carbons (Fsp3) is 0.714. The molecule has 0 aromatic carbocycles. The van der Waals surface area contributed by atoms with E-state index < -0.39 is 5.60 Å². The van der Waals surface area contributed by atoms with Crippen LogP contribution >= 0.6 is 11.6 Å². The Hall–Kier alpha value is -1.53. The highest BCUT2D eigenvalue weighted by molar-refractivity contribution is 6.31. The summed E-state index contributed by atoms with van der Waals surface area (Å²) in [6, 6.07) is 2.40. The zero-order valence-corrected chi connectivity index (χ0v) is 18.0. The maximum Gasteiger partial charge on any atom is 0.410 e. The van der Waals surface area contributed by atoms with E-state index in [9.17, 15) is 4.79 Å². The number of aromatic nitrogens is 1. The Balaban J connectivity index is 1.47. The molecule has 154 valence electrons. The van der Waals surface area contributed by atoms with Gasteiger partial charge in [0.25, 0.3) is 0 Å². The van der Waals surface area contributed by atoms with Gasteiger partial charge in [-0.15, -0.1) is 0 Å². The van der Waals surface area contributed by atoms with Gasteiger partial charge in [-0.25, -0.2) is 9.78 Å². The lowest BCUT2D eigenvalue weighted by Crippen LogP contribution is -2.58. The summed E-state index contributed by atoms with van der Waals surface area (Å²) >= 11 is 6.48. The van der Waals surface area contributed by atoms with Crippen LogP contribution in [0.2, 0.25) is 5.02 Å². The lowest BCUT2D eigenvalue weighted by molar-refractivity contribution is 0.0191. The van der Waals surface area contributed by atoms with E-state index in [0.717, 1.165) is 36.0 Å². The zero-order valence-electron chi connectivity index (χ0n) is 17.2. The molecule has 1 saturated carbocycles. The first-order chi connectivity index (χ1) is 13.2. The topological polar surface area (TPSA) is 54.9 Å². The van der Waals surface area contributed by atoms with Gasteiger partial charge in [0.1, 0.15) is 11.4 Å². The molecule has 3 heterocycles. The molecule has 2 aliphatic heterocycles. The van der Waals surface area contributed by atoms with E-state index in [1.165, 1.54) is 12.8 Å². The molecule has 3 aliphatic rings. The minimum atomic E-state index is -0.486. The van der Waals surface area contributed by atoms with E-state index in [2.05, 4.69) is 11.8 Å². The monoisotopic (exact) mass is 407 g/mol. The molecule has 1 aliphatic carbocycles. The van der Waals surface area contributed by atoms with Crippen molar-refractivity contribution >= 4 is 23.5 Å². The number of piperazine rings is 1. The van der Waals surface area contributed by atoms with E-state index in [1.54, 1.807) is 0 Å². The largest absolute Gasteiger partial charge is 0.444 e. The Morgan fingerprint density at radius 1 is 1.32 bits per heavy atom. The van der Waals surface area contributed by atoms with E-state index in [0.29, 0.717) is 24.7 Å². The molecule has 0 bridgehead atoms. The molecule has 1 saturated heterocycles. The summed E-state index contributed by atoms with van der Waals surface area (Å²) in [6.45, 7) is 10.3. The van der Waals surface area contributed by atoms with Gasteiger partial charge in [0.2, 0.25) is 0 Å². The van der Waals surface area contributed by atoms with Crippen LogP contribution in [-0.2, 0) is 22.5 Å². The van der Waals surface area contributed by atoms with Crippen molar-refractivity contribution in [1.29, 1.82) is 0 Å². The summed E-state index contributed by atoms with van der Waals surface area (Å²) in [7, 11) is 0. The Labute approximate surface area is 172 Å². The molecule has 2 fully saturated rings. The number of carbonyl (C=O) groups is 1. The van der Waals surface area contributed by atoms with Gasteiger partial charge in [-0.3, -0.25) is 0 Å². The predicted molar refractivity (Wildman–Crippen MR) is 109 cm³/mol. The summed E-state index contributed by atoms with van der Waals surface area (Å²) in [5.74, 6) is 1.72. The van der Waals surface area contributed by atoms with Crippen molar-refractivity contribution in [3.63, 3.8) is 0 Å². The van der Waals surface area contributed by atoms with E-state index in [4.69, 9.17) is 26.1 Å². The van der Waals surface area contributed by atoms with Crippen molar-refractivity contribution in [2.45, 2.75) is 71.2 Å². The van der Waals surface area contributed by atoms with Gasteiger partial charge in [-0.05, 0) is 64.5 Å². The third kappa shape index (κ3) is 4.23. The molecule has 1 amide bonds. The van der Waals surface area contributed by atoms with Gasteiger partial charge in [-0.1, -0.05) is 11.6 Å². The van der Waals surface area contributed by atoms with Crippen molar-refractivity contribution in [3.05, 3.63) is 22.3 Å². The molecule has 2 atom stereocenters. The Morgan fingerprint density at radius 2 is 2.07 bits per heavy atom. The molecule has 0 radical (unpaired) electrons. The third-order valence-corrected chi connectivity index (χ3v) is 5.86. The zero-order chi connectivity index (χ0) is 20.1. The fourth-order valence-electron chi connectivity index (χ4n) is 4.09. The molecule has 0 N–H and O–H groups in total. The van der Waals surface area contributed by atoms with Crippen LogP contribution in [0.3, 0.4) is 0 Å². The van der Waals surface area contributed by atoms with E-state index in [-0.39, 0.29) is 18.2 Å². The lowest BCUT2D eigenvalue weighted by Gasteiger charge is -2.43. The second kappa shape index (κ2) is 7.38. The minimum Gasteiger partial charge on any atom is -0.444 e. The summed E-state index contributed by atoms with van der Waals surface area (Å²) < 4.78 is 11.4. The quantitative estimate of drug-likeness (QED) is 0.754. The van der Waals surface area contributed by atoms with Gasteiger partial charge in [-0.2, -0.15) is 0 Å². The number of pyridine rings is 1. The Kier molecular flexibility index (Phi) is 5.21. The Bertz CT molecular complexity index is 760. The summed E-state index contributed by atoms with van der Waals surface area (Å²) in [6.07, 6.45) is 3.14. The lowest BCUT2D eigenvalue weighted by atomic mass is 10.1. The average Bonchev–Trinajstić information content (AvgIpc) is 3.33. The summed E-state index contributed by atoms with van der Waals surface area (Å²) in [4.78, 5) is 21.6. The maximum atomic E-state index is 12.5. The molecule has 6 nitrogen and oxygen atoms in total. The fourth-order valence-corrected chi connectivity index (χ4v) is 4.32. The third-order valence-electron chi connectivity index (χ3n) is 5.53. The molecule has 1 aromatic rings. The first-order valence-corrected chi connectivity index (χ1v) is 10.6. The number of rotatable bonds is 4. The minimum absolute atomic E-state index is 0.168. The first kappa shape index (κ1) is 19.8. The van der Waals surface area contributed by atoms with Crippen LogP contribution in [0.1, 0.15) is 51.8 Å². The van der Waals surface area contributed by atoms with Crippen LogP contribution in [-0.4, -0.2) is 53.4 Å². The second-order valence-corrected chi connectivity index (χ2v) is 9.76. The summed E-state index contributed by atoms with van der Waals surface area (Å²) in [5, 5.41) is 0.672. The second-order valence-electron chi connectivity index (χ2n) is 9.36. The van der Waals surface area contributed by atoms with Crippen LogP contribution in [0, 0.1) is 5.92 Å². The average molecular weight is 408 g/mol. The highest BCUT2D eigenvalue weighted by Gasteiger charge is 2.41. The van der Waals surface area contributed by atoms with Gasteiger partial charge in [0, 0.05) is 25.7 Å². The number of anilines is 1. The molecule has 0 spiro atoms. The number of halogens is 1. The Morgan fingerprint density at radius 3 is 2.75 bits per heavy atom. The number of nitrogens with zero attached hydrogens (tertiary/aromatic N) is 3. The van der Waals surface area contributed by atoms with Gasteiger partial charge in [0.15, 0.2) is 0 Å². The van der Waals surface area contributed by atoms with Crippen LogP contribution < -0.4 is 4.90 Å². The van der Waals surface area contributed by atoms with E-state index >= 15 is 0 Å². The number of hydrogen-bond acceptors (Lipinski definition) is 5. The van der Waals surface area contributed by atoms with Crippen molar-refractivity contribution in [1.82, 2.24) is 9.88 Å². The smallest absolute Gasteiger partial charge is 0.410 e. The number of ether oxygens (including phenoxy) is 2. The maximum absolute atomic E-state index is 12.5. The first-order valence-electron chi connectivity index (χ1n) is 10.2. The van der Waals surface area contributed by atoms with Crippen molar-refractivity contribution in [2.75, 3.05) is 24.6 Å². The van der Waals surface area contributed by atoms with Gasteiger partial charge < -0.3 is 19.3 Å². The molecule has 28 heavy (non-hydrogen) atoms. The van der Waals surface area contributed by atoms with Gasteiger partial charge in [0.05, 0.1) is 23.4 Å². The molecule has 0 unspecified atom stereocenters. The molecule has 4 rings (SSSR count). The van der Waals surface area contributed by atoms with Crippen molar-refractivity contribution in [2.24, 2.45) is 5.92 Å². The van der Waals surface area contributed by atoms with Crippen LogP contribution in [0.25, 0.3) is 0 Å². The van der Waals surface area contributed by atoms with Crippen LogP contribution in [0.4, 0.5) is 10.6 Å². The number of carbonyl (C=O) groups excluding carboxylic acids is 1. The van der Waals surface area contributed by atoms with E-state index in [1.807, 2.05) is 31.7 Å². The molecular formula is C21H30ClN3O3. The number of fused-ring (bicyclic) bond motifs is 3. The van der Waals surface area contributed by atoms with Crippen molar-refractivity contribution < 1.29 is 14.3 Å². The summed E-state index contributed by atoms with van der Waals surface area (Å²) in [5.41, 5.74) is 1.47.